The molecule has 6 rings (SSSR count). The van der Waals surface area contributed by atoms with Gasteiger partial charge in [-0.3, -0.25) is 9.59 Å². The van der Waals surface area contributed by atoms with Crippen molar-refractivity contribution in [1.82, 2.24) is 15.6 Å². The van der Waals surface area contributed by atoms with Crippen molar-refractivity contribution >= 4 is 23.4 Å². The lowest BCUT2D eigenvalue weighted by Gasteiger charge is -2.56. The second kappa shape index (κ2) is 9.55. The predicted octanol–water partition coefficient (Wildman–Crippen LogP) is 3.88. The van der Waals surface area contributed by atoms with Gasteiger partial charge in [-0.05, 0) is 56.4 Å². The number of halogens is 2. The molecule has 36 heavy (non-hydrogen) atoms. The zero-order valence-electron chi connectivity index (χ0n) is 19.3. The van der Waals surface area contributed by atoms with Crippen LogP contribution in [0.1, 0.15) is 42.7 Å². The van der Waals surface area contributed by atoms with Gasteiger partial charge in [0, 0.05) is 17.2 Å². The first-order chi connectivity index (χ1) is 17.3. The SMILES string of the molecule is O=C(COc1ccc(Cl)c(F)c1)NC12CCC(NC(=O)c3cnc(-c4ccccc4)o3)(CC1)CC2O. The van der Waals surface area contributed by atoms with E-state index in [4.69, 9.17) is 20.8 Å². The average Bonchev–Trinajstić information content (AvgIpc) is 3.37. The number of amides is 2. The Bertz CT molecular complexity index is 1270. The number of hydrogen-bond donors (Lipinski definition) is 3. The molecule has 0 spiro atoms. The minimum atomic E-state index is -0.855. The molecule has 10 heteroatoms. The molecular weight excluding hydrogens is 489 g/mol. The summed E-state index contributed by atoms with van der Waals surface area (Å²) in [7, 11) is 0. The molecule has 0 radical (unpaired) electrons. The summed E-state index contributed by atoms with van der Waals surface area (Å²) >= 11 is 5.66. The van der Waals surface area contributed by atoms with Crippen molar-refractivity contribution in [2.45, 2.75) is 49.3 Å². The van der Waals surface area contributed by atoms with Crippen LogP contribution in [0.2, 0.25) is 5.02 Å². The maximum absolute atomic E-state index is 13.6. The zero-order chi connectivity index (χ0) is 25.3. The van der Waals surface area contributed by atoms with Gasteiger partial charge in [0.05, 0.1) is 22.9 Å². The fraction of sp³-hybridized carbons (Fsp3) is 0.346. The number of carbonyl (C=O) groups is 2. The van der Waals surface area contributed by atoms with E-state index in [1.54, 1.807) is 0 Å². The van der Waals surface area contributed by atoms with Crippen molar-refractivity contribution in [3.63, 3.8) is 0 Å². The Labute approximate surface area is 211 Å². The Morgan fingerprint density at radius 1 is 1.14 bits per heavy atom. The molecule has 1 unspecified atom stereocenters. The molecule has 3 aliphatic carbocycles. The third-order valence-electron chi connectivity index (χ3n) is 7.10. The Hall–Kier alpha value is -3.43. The molecule has 1 atom stereocenters. The van der Waals surface area contributed by atoms with Crippen LogP contribution in [0.25, 0.3) is 11.5 Å². The first-order valence-electron chi connectivity index (χ1n) is 11.7. The molecule has 8 nitrogen and oxygen atoms in total. The topological polar surface area (TPSA) is 114 Å². The first kappa shape index (κ1) is 24.3. The number of aliphatic hydroxyl groups excluding tert-OH is 1. The second-order valence-corrected chi connectivity index (χ2v) is 9.83. The molecule has 3 N–H and O–H groups in total. The van der Waals surface area contributed by atoms with Gasteiger partial charge in [-0.2, -0.15) is 0 Å². The highest BCUT2D eigenvalue weighted by molar-refractivity contribution is 6.30. The smallest absolute Gasteiger partial charge is 0.289 e. The standard InChI is InChI=1S/C26H25ClFN3O5/c27-18-7-6-17(12-19(18)28)35-15-22(33)30-26-10-8-25(9-11-26,13-21(26)32)31-23(34)20-14-29-24(36-20)16-4-2-1-3-5-16/h1-7,12,14,21,32H,8-11,13,15H2,(H,30,33)(H,31,34). The normalized spacial score (nSPS) is 24.8. The first-order valence-corrected chi connectivity index (χ1v) is 12.1. The summed E-state index contributed by atoms with van der Waals surface area (Å²) in [6, 6.07) is 13.2. The van der Waals surface area contributed by atoms with Crippen LogP contribution in [0.4, 0.5) is 4.39 Å². The number of carbonyl (C=O) groups excluding carboxylic acids is 2. The quantitative estimate of drug-likeness (QED) is 0.442. The third-order valence-corrected chi connectivity index (χ3v) is 7.41. The van der Waals surface area contributed by atoms with Crippen LogP contribution in [0, 0.1) is 5.82 Å². The van der Waals surface area contributed by atoms with E-state index < -0.39 is 28.9 Å². The molecule has 3 aliphatic rings. The van der Waals surface area contributed by atoms with Gasteiger partial charge in [-0.1, -0.05) is 29.8 Å². The summed E-state index contributed by atoms with van der Waals surface area (Å²) in [5, 5.41) is 16.9. The largest absolute Gasteiger partial charge is 0.484 e. The van der Waals surface area contributed by atoms with Gasteiger partial charge < -0.3 is 24.9 Å². The fourth-order valence-corrected chi connectivity index (χ4v) is 5.20. The summed E-state index contributed by atoms with van der Waals surface area (Å²) in [5.41, 5.74) is -0.628. The van der Waals surface area contributed by atoms with Gasteiger partial charge >= 0.3 is 0 Å². The van der Waals surface area contributed by atoms with Crippen molar-refractivity contribution in [2.75, 3.05) is 6.61 Å². The summed E-state index contributed by atoms with van der Waals surface area (Å²) in [6.45, 7) is -0.327. The number of benzene rings is 2. The van der Waals surface area contributed by atoms with Crippen molar-refractivity contribution in [3.8, 4) is 17.2 Å². The number of oxazole rings is 1. The predicted molar refractivity (Wildman–Crippen MR) is 129 cm³/mol. The zero-order valence-corrected chi connectivity index (χ0v) is 20.1. The van der Waals surface area contributed by atoms with Crippen LogP contribution in [-0.2, 0) is 4.79 Å². The number of nitrogens with zero attached hydrogens (tertiary/aromatic N) is 1. The Morgan fingerprint density at radius 2 is 1.89 bits per heavy atom. The highest BCUT2D eigenvalue weighted by Gasteiger charge is 2.55. The van der Waals surface area contributed by atoms with Crippen LogP contribution in [0.5, 0.6) is 5.75 Å². The Kier molecular flexibility index (Phi) is 6.44. The maximum Gasteiger partial charge on any atom is 0.289 e. The molecule has 3 saturated carbocycles. The number of aromatic nitrogens is 1. The molecule has 2 bridgehead atoms. The van der Waals surface area contributed by atoms with E-state index in [-0.39, 0.29) is 29.0 Å². The molecular formula is C26H25ClFN3O5. The lowest BCUT2D eigenvalue weighted by Crippen LogP contribution is -2.70. The highest BCUT2D eigenvalue weighted by atomic mass is 35.5. The molecule has 2 amide bonds. The van der Waals surface area contributed by atoms with E-state index in [9.17, 15) is 19.1 Å². The van der Waals surface area contributed by atoms with Crippen LogP contribution in [0.3, 0.4) is 0 Å². The van der Waals surface area contributed by atoms with E-state index in [1.807, 2.05) is 30.3 Å². The number of rotatable bonds is 7. The van der Waals surface area contributed by atoms with Crippen molar-refractivity contribution < 1.29 is 28.2 Å². The van der Waals surface area contributed by atoms with Crippen LogP contribution in [0.15, 0.2) is 59.1 Å². The molecule has 1 aromatic heterocycles. The van der Waals surface area contributed by atoms with Crippen molar-refractivity contribution in [1.29, 1.82) is 0 Å². The monoisotopic (exact) mass is 513 g/mol. The molecule has 0 aliphatic heterocycles. The number of aliphatic hydroxyl groups is 1. The van der Waals surface area contributed by atoms with E-state index in [2.05, 4.69) is 15.6 Å². The van der Waals surface area contributed by atoms with Gasteiger partial charge in [0.15, 0.2) is 6.61 Å². The van der Waals surface area contributed by atoms with E-state index in [1.165, 1.54) is 18.3 Å². The van der Waals surface area contributed by atoms with Crippen LogP contribution < -0.4 is 15.4 Å². The molecule has 188 valence electrons. The van der Waals surface area contributed by atoms with Gasteiger partial charge in [0.2, 0.25) is 11.7 Å². The van der Waals surface area contributed by atoms with E-state index in [0.717, 1.165) is 11.6 Å². The maximum atomic E-state index is 13.6. The van der Waals surface area contributed by atoms with E-state index in [0.29, 0.717) is 38.0 Å². The fourth-order valence-electron chi connectivity index (χ4n) is 5.09. The molecule has 2 aromatic carbocycles. The van der Waals surface area contributed by atoms with Crippen molar-refractivity contribution in [2.24, 2.45) is 0 Å². The number of nitrogens with one attached hydrogen (secondary N) is 2. The lowest BCUT2D eigenvalue weighted by molar-refractivity contribution is -0.132. The van der Waals surface area contributed by atoms with Gasteiger partial charge in [0.1, 0.15) is 11.6 Å². The molecule has 0 saturated heterocycles. The average molecular weight is 514 g/mol. The van der Waals surface area contributed by atoms with Gasteiger partial charge in [-0.25, -0.2) is 9.37 Å². The summed E-state index contributed by atoms with van der Waals surface area (Å²) in [5.74, 6) is -0.804. The van der Waals surface area contributed by atoms with Gasteiger partial charge in [0.25, 0.3) is 11.8 Å². The number of hydrogen-bond acceptors (Lipinski definition) is 6. The molecule has 3 fully saturated rings. The van der Waals surface area contributed by atoms with Crippen LogP contribution in [-0.4, -0.2) is 45.7 Å². The van der Waals surface area contributed by atoms with Gasteiger partial charge in [-0.15, -0.1) is 0 Å². The summed E-state index contributed by atoms with van der Waals surface area (Å²) in [6.07, 6.45) is 2.97. The highest BCUT2D eigenvalue weighted by Crippen LogP contribution is 2.47. The molecule has 3 aromatic rings. The van der Waals surface area contributed by atoms with Crippen LogP contribution >= 0.6 is 11.6 Å². The third kappa shape index (κ3) is 4.81. The van der Waals surface area contributed by atoms with Crippen molar-refractivity contribution in [3.05, 3.63) is 71.3 Å². The number of ether oxygens (including phenoxy) is 1. The Morgan fingerprint density at radius 3 is 2.58 bits per heavy atom. The minimum Gasteiger partial charge on any atom is -0.484 e. The molecule has 1 heterocycles. The minimum absolute atomic E-state index is 0.0336. The number of fused-ring (bicyclic) bond motifs is 3. The summed E-state index contributed by atoms with van der Waals surface area (Å²) < 4.78 is 24.6. The lowest BCUT2D eigenvalue weighted by atomic mass is 9.60. The Balaban J connectivity index is 1.18. The second-order valence-electron chi connectivity index (χ2n) is 9.42. The van der Waals surface area contributed by atoms with E-state index >= 15 is 0 Å². The summed E-state index contributed by atoms with van der Waals surface area (Å²) in [4.78, 5) is 29.7.